The van der Waals surface area contributed by atoms with Gasteiger partial charge in [-0.2, -0.15) is 0 Å². The van der Waals surface area contributed by atoms with Gasteiger partial charge in [-0.25, -0.2) is 0 Å². The zero-order chi connectivity index (χ0) is 43.4. The Hall–Kier alpha value is -5.99. The van der Waals surface area contributed by atoms with Gasteiger partial charge in [-0.1, -0.05) is 102 Å². The molecule has 1 fully saturated rings. The summed E-state index contributed by atoms with van der Waals surface area (Å²) in [5.41, 5.74) is 7.49. The fraction of sp³-hybridized carbons (Fsp3) is 0.352. The first-order chi connectivity index (χ1) is 30.2. The van der Waals surface area contributed by atoms with Crippen LogP contribution in [-0.2, 0) is 11.0 Å². The normalized spacial score (nSPS) is 16.7. The summed E-state index contributed by atoms with van der Waals surface area (Å²) < 4.78 is 25.7. The van der Waals surface area contributed by atoms with Crippen LogP contribution in [0.5, 0.6) is 23.0 Å². The lowest BCUT2D eigenvalue weighted by atomic mass is 9.76. The van der Waals surface area contributed by atoms with Crippen molar-refractivity contribution in [1.82, 2.24) is 5.32 Å². The van der Waals surface area contributed by atoms with Crippen LogP contribution in [0.2, 0.25) is 0 Å². The van der Waals surface area contributed by atoms with Gasteiger partial charge < -0.3 is 34.3 Å². The van der Waals surface area contributed by atoms with Crippen LogP contribution in [0.1, 0.15) is 97.5 Å². The van der Waals surface area contributed by atoms with Gasteiger partial charge in [0, 0.05) is 59.3 Å². The maximum absolute atomic E-state index is 13.6. The van der Waals surface area contributed by atoms with Gasteiger partial charge in [0.15, 0.2) is 5.60 Å². The van der Waals surface area contributed by atoms with E-state index in [1.54, 1.807) is 19.3 Å². The number of piperidine rings is 1. The summed E-state index contributed by atoms with van der Waals surface area (Å²) in [4.78, 5) is 16.0. The maximum Gasteiger partial charge on any atom is 0.251 e. The second kappa shape index (κ2) is 18.2. The maximum atomic E-state index is 13.6. The fourth-order valence-electron chi connectivity index (χ4n) is 9.72. The lowest BCUT2D eigenvalue weighted by molar-refractivity contribution is 0.0952. The highest BCUT2D eigenvalue weighted by molar-refractivity contribution is 6.11. The van der Waals surface area contributed by atoms with E-state index in [2.05, 4.69) is 105 Å². The van der Waals surface area contributed by atoms with E-state index in [4.69, 9.17) is 18.9 Å². The first kappa shape index (κ1) is 42.7. The van der Waals surface area contributed by atoms with Crippen LogP contribution < -0.4 is 29.2 Å². The number of unbranched alkanes of at least 4 members (excludes halogenated alkanes) is 3. The number of benzene rings is 5. The summed E-state index contributed by atoms with van der Waals surface area (Å²) >= 11 is 0. The third kappa shape index (κ3) is 7.85. The highest BCUT2D eigenvalue weighted by Crippen LogP contribution is 2.59. The molecule has 0 radical (unpaired) electrons. The number of carbonyl (C=O) groups is 1. The predicted octanol–water partition coefficient (Wildman–Crippen LogP) is 11.2. The zero-order valence-corrected chi connectivity index (χ0v) is 36.7. The first-order valence-corrected chi connectivity index (χ1v) is 22.2. The van der Waals surface area contributed by atoms with Crippen molar-refractivity contribution in [3.63, 3.8) is 0 Å². The third-order valence-electron chi connectivity index (χ3n) is 12.9. The van der Waals surface area contributed by atoms with Gasteiger partial charge >= 0.3 is 0 Å². The molecule has 1 unspecified atom stereocenters. The molecule has 5 aromatic carbocycles. The van der Waals surface area contributed by atoms with E-state index in [1.165, 1.54) is 6.42 Å². The number of hydrogen-bond acceptors (Lipinski definition) is 7. The molecule has 5 aromatic rings. The number of hydrogen-bond donors (Lipinski definition) is 2. The van der Waals surface area contributed by atoms with Crippen LogP contribution in [0.4, 0.5) is 5.69 Å². The average Bonchev–Trinajstić information content (AvgIpc) is 3.55. The number of methoxy groups -OCH3 is 1. The zero-order valence-electron chi connectivity index (χ0n) is 36.7. The van der Waals surface area contributed by atoms with Gasteiger partial charge in [0.25, 0.3) is 5.91 Å². The number of nitrogens with one attached hydrogen (secondary N) is 1. The highest BCUT2D eigenvalue weighted by Gasteiger charge is 2.45. The van der Waals surface area contributed by atoms with Crippen LogP contribution in [0.15, 0.2) is 110 Å². The minimum Gasteiger partial charge on any atom is -0.495 e. The van der Waals surface area contributed by atoms with Crippen molar-refractivity contribution in [2.45, 2.75) is 70.3 Å². The van der Waals surface area contributed by atoms with E-state index in [0.717, 1.165) is 124 Å². The molecule has 8 heteroatoms. The number of fused-ring (bicyclic) bond motifs is 8. The molecule has 1 atom stereocenters. The van der Waals surface area contributed by atoms with Crippen molar-refractivity contribution >= 4 is 28.4 Å². The summed E-state index contributed by atoms with van der Waals surface area (Å²) in [5.74, 6) is 3.12. The molecular formula is C54H60N2O6. The van der Waals surface area contributed by atoms with Crippen LogP contribution in [-0.4, -0.2) is 57.6 Å². The molecule has 0 aromatic heterocycles. The van der Waals surface area contributed by atoms with Gasteiger partial charge in [-0.15, -0.1) is 0 Å². The Kier molecular flexibility index (Phi) is 12.5. The molecule has 2 aliphatic heterocycles. The Bertz CT molecular complexity index is 2430. The first-order valence-electron chi connectivity index (χ1n) is 22.2. The van der Waals surface area contributed by atoms with Gasteiger partial charge in [0.05, 0.1) is 12.8 Å². The molecule has 2 heterocycles. The molecule has 1 amide bonds. The number of nitrogens with zero attached hydrogens (tertiary/aromatic N) is 1. The molecule has 0 saturated carbocycles. The SMILES string of the molecule is C=CCOc1ccc(C2(c3ccc(OCC=C)cc3)C=Cc3c4c(c5cc(N6CCCC(CO)C6)c(OC)cc5c3O2)-c2ccc(C(=O)NCCCCCC)cc2C4(C)C)cc1. The summed E-state index contributed by atoms with van der Waals surface area (Å²) in [6, 6.07) is 26.8. The molecule has 0 spiro atoms. The van der Waals surface area contributed by atoms with Crippen LogP contribution in [0, 0.1) is 5.92 Å². The van der Waals surface area contributed by atoms with Crippen molar-refractivity contribution in [3.8, 4) is 34.1 Å². The van der Waals surface area contributed by atoms with Crippen molar-refractivity contribution in [3.05, 3.63) is 144 Å². The standard InChI is InChI=1S/C54H60N2O6/c1-7-10-11-12-27-55-52(58)37-15-24-42-46(31-37)53(4,5)50-43-25-26-54(38-16-20-40(21-17-38)60-29-8-2,39-18-22-41(23-19-39)61-30-9-3)62-51(43)45-33-48(59-6)47(32-44(45)49(42)50)56-28-13-14-36(34-56)35-57/h8-9,15-26,31-33,36,57H,2-3,7,10-14,27-30,34-35H2,1,4-6H3,(H,55,58). The number of ether oxygens (including phenoxy) is 4. The van der Waals surface area contributed by atoms with Crippen LogP contribution in [0.3, 0.4) is 0 Å². The Labute approximate surface area is 366 Å². The minimum atomic E-state index is -1.03. The third-order valence-corrected chi connectivity index (χ3v) is 12.9. The number of aliphatic hydroxyl groups is 1. The van der Waals surface area contributed by atoms with Crippen LogP contribution in [0.25, 0.3) is 28.0 Å². The van der Waals surface area contributed by atoms with Crippen molar-refractivity contribution < 1.29 is 28.8 Å². The number of amides is 1. The monoisotopic (exact) mass is 832 g/mol. The fourth-order valence-corrected chi connectivity index (χ4v) is 9.72. The number of rotatable bonds is 17. The minimum absolute atomic E-state index is 0.0478. The van der Waals surface area contributed by atoms with E-state index >= 15 is 0 Å². The number of anilines is 1. The number of carbonyl (C=O) groups excluding carboxylic acids is 1. The van der Waals surface area contributed by atoms with E-state index < -0.39 is 11.0 Å². The second-order valence-corrected chi connectivity index (χ2v) is 17.3. The van der Waals surface area contributed by atoms with Crippen molar-refractivity contribution in [2.75, 3.05) is 51.5 Å². The molecule has 1 saturated heterocycles. The molecule has 62 heavy (non-hydrogen) atoms. The van der Waals surface area contributed by atoms with Gasteiger partial charge in [-0.05, 0) is 107 Å². The second-order valence-electron chi connectivity index (χ2n) is 17.3. The summed E-state index contributed by atoms with van der Waals surface area (Å²) in [6.07, 6.45) is 14.2. The van der Waals surface area contributed by atoms with Crippen molar-refractivity contribution in [1.29, 1.82) is 0 Å². The summed E-state index contributed by atoms with van der Waals surface area (Å²) in [6.45, 7) is 17.6. The lowest BCUT2D eigenvalue weighted by Gasteiger charge is -2.39. The molecular weight excluding hydrogens is 773 g/mol. The summed E-state index contributed by atoms with van der Waals surface area (Å²) in [7, 11) is 1.73. The topological polar surface area (TPSA) is 89.5 Å². The highest BCUT2D eigenvalue weighted by atomic mass is 16.5. The van der Waals surface area contributed by atoms with E-state index in [0.29, 0.717) is 25.3 Å². The Morgan fingerprint density at radius 2 is 1.61 bits per heavy atom. The molecule has 0 bridgehead atoms. The molecule has 3 aliphatic rings. The van der Waals surface area contributed by atoms with Gasteiger partial charge in [-0.3, -0.25) is 4.79 Å². The molecule has 1 aliphatic carbocycles. The Morgan fingerprint density at radius 1 is 0.919 bits per heavy atom. The predicted molar refractivity (Wildman–Crippen MR) is 251 cm³/mol. The lowest BCUT2D eigenvalue weighted by Crippen LogP contribution is -2.37. The molecule has 8 nitrogen and oxygen atoms in total. The van der Waals surface area contributed by atoms with E-state index in [-0.39, 0.29) is 18.4 Å². The smallest absolute Gasteiger partial charge is 0.251 e. The van der Waals surface area contributed by atoms with Gasteiger partial charge in [0.1, 0.15) is 36.2 Å². The van der Waals surface area contributed by atoms with E-state index in [9.17, 15) is 9.90 Å². The van der Waals surface area contributed by atoms with Crippen molar-refractivity contribution in [2.24, 2.45) is 5.92 Å². The quantitative estimate of drug-likeness (QED) is 0.0712. The Balaban J connectivity index is 1.33. The average molecular weight is 833 g/mol. The van der Waals surface area contributed by atoms with Crippen LogP contribution >= 0.6 is 0 Å². The largest absolute Gasteiger partial charge is 0.495 e. The molecule has 8 rings (SSSR count). The number of aliphatic hydroxyl groups excluding tert-OH is 1. The van der Waals surface area contributed by atoms with Gasteiger partial charge in [0.2, 0.25) is 0 Å². The summed E-state index contributed by atoms with van der Waals surface area (Å²) in [5, 5.41) is 15.4. The Morgan fingerprint density at radius 3 is 2.24 bits per heavy atom. The molecule has 2 N–H and O–H groups in total. The van der Waals surface area contributed by atoms with E-state index in [1.807, 2.05) is 30.3 Å². The molecule has 322 valence electrons.